The van der Waals surface area contributed by atoms with E-state index in [9.17, 15) is 5.11 Å². The number of aliphatic hydroxyl groups is 1. The molecule has 0 aromatic rings. The summed E-state index contributed by atoms with van der Waals surface area (Å²) in [5.74, 6) is 2.06. The highest BCUT2D eigenvalue weighted by atomic mass is 16.3. The van der Waals surface area contributed by atoms with Gasteiger partial charge in [-0.2, -0.15) is 0 Å². The smallest absolute Gasteiger partial charge is 0.0580 e. The molecule has 1 rings (SSSR count). The van der Waals surface area contributed by atoms with Crippen molar-refractivity contribution in [2.75, 3.05) is 13.1 Å². The summed E-state index contributed by atoms with van der Waals surface area (Å²) in [4.78, 5) is 2.48. The summed E-state index contributed by atoms with van der Waals surface area (Å²) in [5.41, 5.74) is 0. The maximum Gasteiger partial charge on any atom is 0.0580 e. The van der Waals surface area contributed by atoms with E-state index in [0.29, 0.717) is 12.0 Å². The lowest BCUT2D eigenvalue weighted by atomic mass is 9.74. The number of rotatable bonds is 5. The molecular formula is C15H31NO. The van der Waals surface area contributed by atoms with Gasteiger partial charge in [-0.05, 0) is 57.4 Å². The molecule has 0 spiro atoms. The van der Waals surface area contributed by atoms with Gasteiger partial charge in [0.1, 0.15) is 0 Å². The minimum absolute atomic E-state index is 0.0715. The van der Waals surface area contributed by atoms with Crippen LogP contribution in [0.25, 0.3) is 0 Å². The standard InChI is InChI=1S/C15H31NO/c1-6-16(12(4)5)10-14-9-13(11(2)3)7-8-15(14)17/h11-15,17H,6-10H2,1-5H3. The second-order valence-corrected chi connectivity index (χ2v) is 6.33. The van der Waals surface area contributed by atoms with Crippen LogP contribution in [0.5, 0.6) is 0 Å². The average Bonchev–Trinajstić information content (AvgIpc) is 2.27. The third-order valence-electron chi connectivity index (χ3n) is 4.53. The van der Waals surface area contributed by atoms with Crippen molar-refractivity contribution >= 4 is 0 Å². The molecule has 3 atom stereocenters. The topological polar surface area (TPSA) is 23.5 Å². The third kappa shape index (κ3) is 4.26. The highest BCUT2D eigenvalue weighted by Crippen LogP contribution is 2.34. The largest absolute Gasteiger partial charge is 0.393 e. The van der Waals surface area contributed by atoms with Gasteiger partial charge in [-0.1, -0.05) is 20.8 Å². The van der Waals surface area contributed by atoms with E-state index in [1.54, 1.807) is 0 Å². The zero-order chi connectivity index (χ0) is 13.0. The Morgan fingerprint density at radius 1 is 1.18 bits per heavy atom. The van der Waals surface area contributed by atoms with Crippen LogP contribution in [-0.2, 0) is 0 Å². The molecular weight excluding hydrogens is 210 g/mol. The summed E-state index contributed by atoms with van der Waals surface area (Å²) in [6, 6.07) is 0.589. The fourth-order valence-electron chi connectivity index (χ4n) is 3.09. The van der Waals surface area contributed by atoms with Crippen molar-refractivity contribution < 1.29 is 5.11 Å². The molecule has 0 saturated heterocycles. The van der Waals surface area contributed by atoms with E-state index < -0.39 is 0 Å². The lowest BCUT2D eigenvalue weighted by Crippen LogP contribution is -2.42. The molecule has 0 bridgehead atoms. The minimum Gasteiger partial charge on any atom is -0.393 e. The summed E-state index contributed by atoms with van der Waals surface area (Å²) in [6.07, 6.45) is 3.35. The van der Waals surface area contributed by atoms with Gasteiger partial charge in [0.05, 0.1) is 6.10 Å². The molecule has 0 aromatic heterocycles. The molecule has 0 radical (unpaired) electrons. The molecule has 1 saturated carbocycles. The van der Waals surface area contributed by atoms with Crippen molar-refractivity contribution in [3.63, 3.8) is 0 Å². The highest BCUT2D eigenvalue weighted by molar-refractivity contribution is 4.83. The van der Waals surface area contributed by atoms with Crippen molar-refractivity contribution in [3.05, 3.63) is 0 Å². The molecule has 102 valence electrons. The number of hydrogen-bond acceptors (Lipinski definition) is 2. The van der Waals surface area contributed by atoms with E-state index in [4.69, 9.17) is 0 Å². The second-order valence-electron chi connectivity index (χ2n) is 6.33. The van der Waals surface area contributed by atoms with Crippen LogP contribution in [0.3, 0.4) is 0 Å². The number of hydrogen-bond donors (Lipinski definition) is 1. The summed E-state index contributed by atoms with van der Waals surface area (Å²) >= 11 is 0. The van der Waals surface area contributed by atoms with E-state index in [0.717, 1.165) is 31.3 Å². The zero-order valence-electron chi connectivity index (χ0n) is 12.3. The van der Waals surface area contributed by atoms with Gasteiger partial charge < -0.3 is 10.0 Å². The molecule has 1 N–H and O–H groups in total. The molecule has 0 heterocycles. The summed E-state index contributed by atoms with van der Waals surface area (Å²) < 4.78 is 0. The van der Waals surface area contributed by atoms with Crippen LogP contribution in [-0.4, -0.2) is 35.2 Å². The summed E-state index contributed by atoms with van der Waals surface area (Å²) in [7, 11) is 0. The van der Waals surface area contributed by atoms with Crippen LogP contribution >= 0.6 is 0 Å². The van der Waals surface area contributed by atoms with Crippen molar-refractivity contribution in [2.45, 2.75) is 66.0 Å². The Kier molecular flexibility index (Phi) is 5.94. The first-order valence-corrected chi connectivity index (χ1v) is 7.37. The fourth-order valence-corrected chi connectivity index (χ4v) is 3.09. The van der Waals surface area contributed by atoms with Crippen LogP contribution in [0.15, 0.2) is 0 Å². The Balaban J connectivity index is 2.54. The molecule has 2 heteroatoms. The Hall–Kier alpha value is -0.0800. The van der Waals surface area contributed by atoms with Crippen molar-refractivity contribution in [2.24, 2.45) is 17.8 Å². The van der Waals surface area contributed by atoms with Gasteiger partial charge in [0, 0.05) is 12.6 Å². The fraction of sp³-hybridized carbons (Fsp3) is 1.00. The minimum atomic E-state index is -0.0715. The van der Waals surface area contributed by atoms with Gasteiger partial charge in [0.25, 0.3) is 0 Å². The number of aliphatic hydroxyl groups excluding tert-OH is 1. The molecule has 1 aliphatic rings. The van der Waals surface area contributed by atoms with E-state index >= 15 is 0 Å². The Labute approximate surface area is 107 Å². The molecule has 0 amide bonds. The lowest BCUT2D eigenvalue weighted by Gasteiger charge is -2.39. The van der Waals surface area contributed by atoms with Crippen LogP contribution < -0.4 is 0 Å². The van der Waals surface area contributed by atoms with E-state index in [1.165, 1.54) is 12.8 Å². The first-order chi connectivity index (χ1) is 7.95. The second kappa shape index (κ2) is 6.75. The first-order valence-electron chi connectivity index (χ1n) is 7.37. The van der Waals surface area contributed by atoms with Gasteiger partial charge in [0.15, 0.2) is 0 Å². The van der Waals surface area contributed by atoms with E-state index in [2.05, 4.69) is 39.5 Å². The molecule has 0 aliphatic heterocycles. The summed E-state index contributed by atoms with van der Waals surface area (Å²) in [5, 5.41) is 10.2. The van der Waals surface area contributed by atoms with E-state index in [-0.39, 0.29) is 6.10 Å². The normalized spacial score (nSPS) is 30.5. The summed E-state index contributed by atoms with van der Waals surface area (Å²) in [6.45, 7) is 13.5. The van der Waals surface area contributed by atoms with Gasteiger partial charge in [-0.3, -0.25) is 0 Å². The van der Waals surface area contributed by atoms with Crippen LogP contribution in [0.4, 0.5) is 0 Å². The predicted octanol–water partition coefficient (Wildman–Crippen LogP) is 3.15. The average molecular weight is 241 g/mol. The third-order valence-corrected chi connectivity index (χ3v) is 4.53. The monoisotopic (exact) mass is 241 g/mol. The zero-order valence-corrected chi connectivity index (χ0v) is 12.3. The molecule has 1 aliphatic carbocycles. The van der Waals surface area contributed by atoms with Crippen molar-refractivity contribution in [3.8, 4) is 0 Å². The first kappa shape index (κ1) is 15.0. The molecule has 17 heavy (non-hydrogen) atoms. The van der Waals surface area contributed by atoms with Crippen LogP contribution in [0, 0.1) is 17.8 Å². The molecule has 1 fully saturated rings. The lowest BCUT2D eigenvalue weighted by molar-refractivity contribution is 0.0144. The SMILES string of the molecule is CCN(CC1CC(C(C)C)CCC1O)C(C)C. The van der Waals surface area contributed by atoms with Crippen molar-refractivity contribution in [1.29, 1.82) is 0 Å². The maximum atomic E-state index is 10.2. The van der Waals surface area contributed by atoms with Crippen LogP contribution in [0.2, 0.25) is 0 Å². The van der Waals surface area contributed by atoms with Gasteiger partial charge in [-0.15, -0.1) is 0 Å². The van der Waals surface area contributed by atoms with Gasteiger partial charge in [0.2, 0.25) is 0 Å². The van der Waals surface area contributed by atoms with E-state index in [1.807, 2.05) is 0 Å². The van der Waals surface area contributed by atoms with Gasteiger partial charge >= 0.3 is 0 Å². The molecule has 3 unspecified atom stereocenters. The molecule has 2 nitrogen and oxygen atoms in total. The Morgan fingerprint density at radius 3 is 2.29 bits per heavy atom. The maximum absolute atomic E-state index is 10.2. The quantitative estimate of drug-likeness (QED) is 0.799. The van der Waals surface area contributed by atoms with Gasteiger partial charge in [-0.25, -0.2) is 0 Å². The Bertz CT molecular complexity index is 215. The Morgan fingerprint density at radius 2 is 1.82 bits per heavy atom. The number of nitrogens with zero attached hydrogens (tertiary/aromatic N) is 1. The van der Waals surface area contributed by atoms with Crippen molar-refractivity contribution in [1.82, 2.24) is 4.90 Å². The molecule has 0 aromatic carbocycles. The predicted molar refractivity (Wildman–Crippen MR) is 74.1 cm³/mol. The highest BCUT2D eigenvalue weighted by Gasteiger charge is 2.31. The van der Waals surface area contributed by atoms with Crippen LogP contribution in [0.1, 0.15) is 53.9 Å².